The van der Waals surface area contributed by atoms with Crippen molar-refractivity contribution in [1.82, 2.24) is 9.80 Å². The molecule has 0 N–H and O–H groups in total. The van der Waals surface area contributed by atoms with Crippen LogP contribution in [0.15, 0.2) is 48.5 Å². The number of likely N-dealkylation sites (tertiary alicyclic amines) is 1. The number of hydrogen-bond acceptors (Lipinski definition) is 4. The fourth-order valence-corrected chi connectivity index (χ4v) is 8.25. The van der Waals surface area contributed by atoms with Gasteiger partial charge >= 0.3 is 5.97 Å². The third kappa shape index (κ3) is 9.36. The zero-order valence-electron chi connectivity index (χ0n) is 27.3. The number of piperidine rings is 1. The number of halogens is 2. The fraction of sp³-hybridized carbons (Fsp3) is 0.658. The second-order valence-corrected chi connectivity index (χ2v) is 14.8. The molecule has 6 heteroatoms. The monoisotopic (exact) mass is 608 g/mol. The van der Waals surface area contributed by atoms with E-state index in [4.69, 9.17) is 4.74 Å². The maximum atomic E-state index is 13.6. The Morgan fingerprint density at radius 1 is 0.909 bits per heavy atom. The van der Waals surface area contributed by atoms with Crippen LogP contribution < -0.4 is 0 Å². The minimum atomic E-state index is -0.769. The van der Waals surface area contributed by atoms with Gasteiger partial charge in [0.1, 0.15) is 5.60 Å². The van der Waals surface area contributed by atoms with Crippen LogP contribution in [0, 0.1) is 23.5 Å². The number of rotatable bonds is 11. The number of aryl methyl sites for hydroxylation is 1. The number of nitrogens with zero attached hydrogens (tertiary/aromatic N) is 2. The van der Waals surface area contributed by atoms with Crippen LogP contribution >= 0.6 is 0 Å². The molecule has 2 aliphatic carbocycles. The van der Waals surface area contributed by atoms with E-state index in [9.17, 15) is 13.6 Å². The first-order valence-corrected chi connectivity index (χ1v) is 17.3. The Morgan fingerprint density at radius 3 is 2.32 bits per heavy atom. The van der Waals surface area contributed by atoms with Gasteiger partial charge in [0.05, 0.1) is 6.54 Å². The lowest BCUT2D eigenvalue weighted by molar-refractivity contribution is -0.157. The van der Waals surface area contributed by atoms with Crippen molar-refractivity contribution in [2.45, 2.75) is 121 Å². The van der Waals surface area contributed by atoms with Gasteiger partial charge in [0, 0.05) is 18.6 Å². The lowest BCUT2D eigenvalue weighted by Crippen LogP contribution is -2.47. The molecule has 1 heterocycles. The van der Waals surface area contributed by atoms with E-state index in [1.165, 1.54) is 62.6 Å². The van der Waals surface area contributed by atoms with E-state index in [1.807, 2.05) is 20.8 Å². The molecule has 1 aliphatic heterocycles. The van der Waals surface area contributed by atoms with Crippen molar-refractivity contribution in [3.05, 3.63) is 71.3 Å². The summed E-state index contributed by atoms with van der Waals surface area (Å²) < 4.78 is 32.7. The van der Waals surface area contributed by atoms with Crippen LogP contribution in [-0.2, 0) is 16.0 Å². The molecule has 0 aromatic heterocycles. The van der Waals surface area contributed by atoms with Crippen LogP contribution in [0.2, 0.25) is 0 Å². The Morgan fingerprint density at radius 2 is 1.64 bits per heavy atom. The Kier molecular flexibility index (Phi) is 11.5. The average molecular weight is 609 g/mol. The van der Waals surface area contributed by atoms with Gasteiger partial charge in [-0.05, 0) is 126 Å². The van der Waals surface area contributed by atoms with Crippen molar-refractivity contribution in [3.8, 4) is 0 Å². The molecule has 2 aromatic carbocycles. The number of benzene rings is 2. The molecular weight excluding hydrogens is 554 g/mol. The van der Waals surface area contributed by atoms with E-state index >= 15 is 0 Å². The first-order chi connectivity index (χ1) is 21.1. The summed E-state index contributed by atoms with van der Waals surface area (Å²) >= 11 is 0. The highest BCUT2D eigenvalue weighted by Crippen LogP contribution is 2.44. The Labute approximate surface area is 264 Å². The maximum Gasteiger partial charge on any atom is 0.320 e. The summed E-state index contributed by atoms with van der Waals surface area (Å²) in [4.78, 5) is 18.4. The smallest absolute Gasteiger partial charge is 0.320 e. The third-order valence-corrected chi connectivity index (χ3v) is 10.4. The van der Waals surface area contributed by atoms with Crippen molar-refractivity contribution in [1.29, 1.82) is 0 Å². The molecule has 5 rings (SSSR count). The second-order valence-electron chi connectivity index (χ2n) is 14.8. The highest BCUT2D eigenvalue weighted by atomic mass is 19.2. The van der Waals surface area contributed by atoms with Crippen molar-refractivity contribution in [3.63, 3.8) is 0 Å². The third-order valence-electron chi connectivity index (χ3n) is 10.4. The Hall–Kier alpha value is -2.31. The van der Waals surface area contributed by atoms with Crippen LogP contribution in [0.3, 0.4) is 0 Å². The van der Waals surface area contributed by atoms with Gasteiger partial charge in [-0.1, -0.05) is 62.1 Å². The molecule has 4 nitrogen and oxygen atoms in total. The molecule has 3 atom stereocenters. The Bertz CT molecular complexity index is 1190. The van der Waals surface area contributed by atoms with Crippen LogP contribution in [0.1, 0.15) is 108 Å². The molecule has 1 saturated heterocycles. The van der Waals surface area contributed by atoms with E-state index in [0.717, 1.165) is 57.3 Å². The summed E-state index contributed by atoms with van der Waals surface area (Å²) in [6.45, 7) is 9.65. The maximum absolute atomic E-state index is 13.6. The lowest BCUT2D eigenvalue weighted by Gasteiger charge is -2.39. The van der Waals surface area contributed by atoms with Gasteiger partial charge in [-0.25, -0.2) is 8.78 Å². The summed E-state index contributed by atoms with van der Waals surface area (Å²) in [7, 11) is 0. The van der Waals surface area contributed by atoms with E-state index in [-0.39, 0.29) is 5.97 Å². The van der Waals surface area contributed by atoms with Gasteiger partial charge in [0.25, 0.3) is 0 Å². The minimum Gasteiger partial charge on any atom is -0.459 e. The van der Waals surface area contributed by atoms with Crippen molar-refractivity contribution >= 4 is 5.97 Å². The quantitative estimate of drug-likeness (QED) is 0.239. The van der Waals surface area contributed by atoms with Crippen LogP contribution in [0.4, 0.5) is 8.78 Å². The number of carbonyl (C=O) groups excluding carboxylic acids is 1. The molecule has 0 radical (unpaired) electrons. The van der Waals surface area contributed by atoms with Crippen LogP contribution in [0.5, 0.6) is 0 Å². The molecule has 0 bridgehead atoms. The zero-order chi connectivity index (χ0) is 31.1. The normalized spacial score (nSPS) is 24.2. The zero-order valence-corrected chi connectivity index (χ0v) is 27.3. The molecule has 0 spiro atoms. The number of hydrogen-bond donors (Lipinski definition) is 0. The predicted octanol–water partition coefficient (Wildman–Crippen LogP) is 8.54. The summed E-state index contributed by atoms with van der Waals surface area (Å²) in [5.74, 6) is 0.166. The molecule has 2 saturated carbocycles. The lowest BCUT2D eigenvalue weighted by atomic mass is 9.87. The van der Waals surface area contributed by atoms with Gasteiger partial charge < -0.3 is 9.64 Å². The van der Waals surface area contributed by atoms with Gasteiger partial charge in [-0.3, -0.25) is 9.69 Å². The average Bonchev–Trinajstić information content (AvgIpc) is 3.42. The summed E-state index contributed by atoms with van der Waals surface area (Å²) in [5, 5.41) is 0. The molecular formula is C38H54F2N2O2. The molecule has 44 heavy (non-hydrogen) atoms. The van der Waals surface area contributed by atoms with Gasteiger partial charge in [0.15, 0.2) is 11.6 Å². The SMILES string of the molecule is CC(C)(C)OC(=O)CN(C1CCCCC1)C1CC(CN2CCC(CCCc3ccc(F)c(F)c3)CC2)C(c2ccccc2)C1. The molecule has 2 aromatic rings. The van der Waals surface area contributed by atoms with Crippen LogP contribution in [0.25, 0.3) is 0 Å². The molecule has 242 valence electrons. The summed E-state index contributed by atoms with van der Waals surface area (Å²) in [6.07, 6.45) is 13.8. The number of carbonyl (C=O) groups is 1. The largest absolute Gasteiger partial charge is 0.459 e. The van der Waals surface area contributed by atoms with E-state index in [2.05, 4.69) is 40.1 Å². The highest BCUT2D eigenvalue weighted by molar-refractivity contribution is 5.72. The summed E-state index contributed by atoms with van der Waals surface area (Å²) in [6, 6.07) is 16.2. The fourth-order valence-electron chi connectivity index (χ4n) is 8.25. The topological polar surface area (TPSA) is 32.8 Å². The number of esters is 1. The van der Waals surface area contributed by atoms with Gasteiger partial charge in [-0.15, -0.1) is 0 Å². The molecule has 3 unspecified atom stereocenters. The van der Waals surface area contributed by atoms with Crippen molar-refractivity contribution in [2.24, 2.45) is 11.8 Å². The predicted molar refractivity (Wildman–Crippen MR) is 174 cm³/mol. The van der Waals surface area contributed by atoms with Crippen molar-refractivity contribution in [2.75, 3.05) is 26.2 Å². The van der Waals surface area contributed by atoms with Crippen molar-refractivity contribution < 1.29 is 18.3 Å². The first kappa shape index (κ1) is 33.1. The highest BCUT2D eigenvalue weighted by Gasteiger charge is 2.42. The first-order valence-electron chi connectivity index (χ1n) is 17.3. The summed E-state index contributed by atoms with van der Waals surface area (Å²) in [5.41, 5.74) is 1.86. The Balaban J connectivity index is 1.19. The van der Waals surface area contributed by atoms with Gasteiger partial charge in [-0.2, -0.15) is 0 Å². The second kappa shape index (κ2) is 15.3. The molecule has 3 fully saturated rings. The molecule has 0 amide bonds. The van der Waals surface area contributed by atoms with Crippen LogP contribution in [-0.4, -0.2) is 59.6 Å². The molecule has 3 aliphatic rings. The van der Waals surface area contributed by atoms with E-state index in [0.29, 0.717) is 36.4 Å². The minimum absolute atomic E-state index is 0.0885. The van der Waals surface area contributed by atoms with E-state index < -0.39 is 17.2 Å². The number of ether oxygens (including phenoxy) is 1. The standard InChI is InChI=1S/C38H54F2N2O2/c1-38(2,3)44-37(43)27-42(32-15-8-5-9-16-32)33-24-31(34(25-33)30-13-6-4-7-14-30)26-41-21-19-28(20-22-41)11-10-12-29-17-18-35(39)36(40)23-29/h4,6-7,13-14,17-18,23,28,31-34H,5,8-12,15-16,19-22,24-27H2,1-3H3. The van der Waals surface area contributed by atoms with Gasteiger partial charge in [0.2, 0.25) is 0 Å². The van der Waals surface area contributed by atoms with E-state index in [1.54, 1.807) is 6.07 Å².